The SMILES string of the molecule is Cc1cc2n(n1)CCN2C(C)(C)C. The number of hydrogen-bond donors (Lipinski definition) is 0. The van der Waals surface area contributed by atoms with Crippen LogP contribution in [0.4, 0.5) is 5.82 Å². The van der Waals surface area contributed by atoms with Crippen molar-refractivity contribution in [1.82, 2.24) is 9.78 Å². The monoisotopic (exact) mass is 179 g/mol. The van der Waals surface area contributed by atoms with E-state index in [0.29, 0.717) is 0 Å². The molecule has 0 aliphatic carbocycles. The van der Waals surface area contributed by atoms with E-state index in [2.05, 4.69) is 41.5 Å². The number of nitrogens with zero attached hydrogens (tertiary/aromatic N) is 3. The van der Waals surface area contributed by atoms with Crippen molar-refractivity contribution >= 4 is 5.82 Å². The average Bonchev–Trinajstić information content (AvgIpc) is 2.41. The second kappa shape index (κ2) is 2.50. The van der Waals surface area contributed by atoms with Crippen molar-refractivity contribution in [2.45, 2.75) is 39.8 Å². The fourth-order valence-electron chi connectivity index (χ4n) is 1.90. The van der Waals surface area contributed by atoms with Crippen molar-refractivity contribution in [3.05, 3.63) is 11.8 Å². The molecule has 0 saturated heterocycles. The zero-order valence-electron chi connectivity index (χ0n) is 8.83. The zero-order chi connectivity index (χ0) is 9.64. The first-order valence-corrected chi connectivity index (χ1v) is 4.80. The fourth-order valence-corrected chi connectivity index (χ4v) is 1.90. The molecule has 13 heavy (non-hydrogen) atoms. The van der Waals surface area contributed by atoms with Crippen LogP contribution in [0.25, 0.3) is 0 Å². The van der Waals surface area contributed by atoms with E-state index < -0.39 is 0 Å². The minimum atomic E-state index is 0.209. The molecule has 72 valence electrons. The third-order valence-corrected chi connectivity index (χ3v) is 2.50. The van der Waals surface area contributed by atoms with Crippen LogP contribution in [0.1, 0.15) is 26.5 Å². The largest absolute Gasteiger partial charge is 0.350 e. The third kappa shape index (κ3) is 1.32. The molecular formula is C10H17N3. The van der Waals surface area contributed by atoms with Crippen LogP contribution in [-0.2, 0) is 6.54 Å². The number of rotatable bonds is 0. The number of aryl methyl sites for hydroxylation is 1. The topological polar surface area (TPSA) is 21.1 Å². The second-order valence-electron chi connectivity index (χ2n) is 4.69. The molecule has 0 unspecified atom stereocenters. The minimum absolute atomic E-state index is 0.209. The summed E-state index contributed by atoms with van der Waals surface area (Å²) < 4.78 is 2.10. The van der Waals surface area contributed by atoms with Gasteiger partial charge >= 0.3 is 0 Å². The smallest absolute Gasteiger partial charge is 0.127 e. The van der Waals surface area contributed by atoms with Crippen LogP contribution in [0, 0.1) is 6.92 Å². The highest BCUT2D eigenvalue weighted by atomic mass is 15.4. The number of aromatic nitrogens is 2. The van der Waals surface area contributed by atoms with E-state index in [0.717, 1.165) is 18.8 Å². The van der Waals surface area contributed by atoms with Gasteiger partial charge in [0.15, 0.2) is 0 Å². The van der Waals surface area contributed by atoms with Gasteiger partial charge in [0.2, 0.25) is 0 Å². The van der Waals surface area contributed by atoms with Crippen LogP contribution in [0.2, 0.25) is 0 Å². The summed E-state index contributed by atoms with van der Waals surface area (Å²) in [6.45, 7) is 10.9. The summed E-state index contributed by atoms with van der Waals surface area (Å²) in [7, 11) is 0. The molecular weight excluding hydrogens is 162 g/mol. The molecule has 0 saturated carbocycles. The van der Waals surface area contributed by atoms with Gasteiger partial charge in [-0.3, -0.25) is 0 Å². The lowest BCUT2D eigenvalue weighted by molar-refractivity contribution is 0.516. The lowest BCUT2D eigenvalue weighted by Gasteiger charge is -2.32. The molecule has 1 aliphatic heterocycles. The molecule has 1 aromatic rings. The molecule has 0 amide bonds. The van der Waals surface area contributed by atoms with Crippen molar-refractivity contribution in [2.24, 2.45) is 0 Å². The molecule has 1 aliphatic rings. The Balaban J connectivity index is 2.37. The Morgan fingerprint density at radius 3 is 2.62 bits per heavy atom. The Kier molecular flexibility index (Phi) is 1.65. The van der Waals surface area contributed by atoms with Crippen molar-refractivity contribution in [1.29, 1.82) is 0 Å². The first-order chi connectivity index (χ1) is 5.98. The lowest BCUT2D eigenvalue weighted by atomic mass is 10.1. The van der Waals surface area contributed by atoms with E-state index in [9.17, 15) is 0 Å². The van der Waals surface area contributed by atoms with Gasteiger partial charge in [-0.1, -0.05) is 0 Å². The van der Waals surface area contributed by atoms with Crippen LogP contribution < -0.4 is 4.90 Å². The van der Waals surface area contributed by atoms with Crippen LogP contribution in [-0.4, -0.2) is 21.9 Å². The predicted octanol–water partition coefficient (Wildman–Crippen LogP) is 1.81. The first-order valence-electron chi connectivity index (χ1n) is 4.80. The maximum Gasteiger partial charge on any atom is 0.127 e. The lowest BCUT2D eigenvalue weighted by Crippen LogP contribution is -2.40. The summed E-state index contributed by atoms with van der Waals surface area (Å²) in [5.74, 6) is 1.27. The van der Waals surface area contributed by atoms with Gasteiger partial charge in [0.05, 0.1) is 12.2 Å². The van der Waals surface area contributed by atoms with Crippen LogP contribution in [0.15, 0.2) is 6.07 Å². The first kappa shape index (κ1) is 8.60. The molecule has 2 heterocycles. The summed E-state index contributed by atoms with van der Waals surface area (Å²) >= 11 is 0. The molecule has 0 aromatic carbocycles. The van der Waals surface area contributed by atoms with E-state index in [1.54, 1.807) is 0 Å². The molecule has 0 fully saturated rings. The Morgan fingerprint density at radius 1 is 1.31 bits per heavy atom. The quantitative estimate of drug-likeness (QED) is 0.605. The van der Waals surface area contributed by atoms with Gasteiger partial charge in [0.1, 0.15) is 5.82 Å². The van der Waals surface area contributed by atoms with Gasteiger partial charge in [-0.2, -0.15) is 5.10 Å². The number of anilines is 1. The van der Waals surface area contributed by atoms with E-state index >= 15 is 0 Å². The maximum atomic E-state index is 4.43. The van der Waals surface area contributed by atoms with Crippen LogP contribution in [0.3, 0.4) is 0 Å². The van der Waals surface area contributed by atoms with E-state index in [-0.39, 0.29) is 5.54 Å². The normalized spacial score (nSPS) is 16.5. The Bertz CT molecular complexity index is 319. The molecule has 0 bridgehead atoms. The highest BCUT2D eigenvalue weighted by Gasteiger charge is 2.29. The van der Waals surface area contributed by atoms with E-state index in [1.165, 1.54) is 5.82 Å². The molecule has 0 radical (unpaired) electrons. The van der Waals surface area contributed by atoms with Crippen molar-refractivity contribution in [2.75, 3.05) is 11.4 Å². The van der Waals surface area contributed by atoms with Crippen LogP contribution >= 0.6 is 0 Å². The van der Waals surface area contributed by atoms with Crippen molar-refractivity contribution < 1.29 is 0 Å². The van der Waals surface area contributed by atoms with Gasteiger partial charge in [0.25, 0.3) is 0 Å². The summed E-state index contributed by atoms with van der Waals surface area (Å²) in [6.07, 6.45) is 0. The molecule has 0 spiro atoms. The van der Waals surface area contributed by atoms with E-state index in [4.69, 9.17) is 0 Å². The Hall–Kier alpha value is -0.990. The highest BCUT2D eigenvalue weighted by molar-refractivity contribution is 5.46. The zero-order valence-corrected chi connectivity index (χ0v) is 8.83. The van der Waals surface area contributed by atoms with Gasteiger partial charge in [-0.15, -0.1) is 0 Å². The fraction of sp³-hybridized carbons (Fsp3) is 0.700. The number of fused-ring (bicyclic) bond motifs is 1. The average molecular weight is 179 g/mol. The summed E-state index contributed by atoms with van der Waals surface area (Å²) in [6, 6.07) is 2.16. The summed E-state index contributed by atoms with van der Waals surface area (Å²) in [5, 5.41) is 4.43. The molecule has 3 nitrogen and oxygen atoms in total. The third-order valence-electron chi connectivity index (χ3n) is 2.50. The van der Waals surface area contributed by atoms with Crippen molar-refractivity contribution in [3.63, 3.8) is 0 Å². The van der Waals surface area contributed by atoms with Gasteiger partial charge < -0.3 is 4.90 Å². The standard InChI is InChI=1S/C10H17N3/c1-8-7-9-12(10(2,3)4)5-6-13(9)11-8/h7H,5-6H2,1-4H3. The van der Waals surface area contributed by atoms with Gasteiger partial charge in [0, 0.05) is 18.2 Å². The maximum absolute atomic E-state index is 4.43. The van der Waals surface area contributed by atoms with E-state index in [1.807, 2.05) is 6.92 Å². The Labute approximate surface area is 79.3 Å². The van der Waals surface area contributed by atoms with Crippen molar-refractivity contribution in [3.8, 4) is 0 Å². The van der Waals surface area contributed by atoms with Gasteiger partial charge in [-0.25, -0.2) is 4.68 Å². The summed E-state index contributed by atoms with van der Waals surface area (Å²) in [4.78, 5) is 2.41. The molecule has 3 heteroatoms. The second-order valence-corrected chi connectivity index (χ2v) is 4.69. The molecule has 1 aromatic heterocycles. The van der Waals surface area contributed by atoms with Crippen LogP contribution in [0.5, 0.6) is 0 Å². The Morgan fingerprint density at radius 2 is 2.00 bits per heavy atom. The molecule has 0 atom stereocenters. The molecule has 2 rings (SSSR count). The van der Waals surface area contributed by atoms with Gasteiger partial charge in [-0.05, 0) is 27.7 Å². The molecule has 0 N–H and O–H groups in total. The summed E-state index contributed by atoms with van der Waals surface area (Å²) in [5.41, 5.74) is 1.32. The predicted molar refractivity (Wildman–Crippen MR) is 54.1 cm³/mol. The minimum Gasteiger partial charge on any atom is -0.350 e. The highest BCUT2D eigenvalue weighted by Crippen LogP contribution is 2.28. The number of hydrogen-bond acceptors (Lipinski definition) is 2.